The molecule has 1 unspecified atom stereocenters. The third-order valence-electron chi connectivity index (χ3n) is 3.68. The first kappa shape index (κ1) is 14.9. The maximum absolute atomic E-state index is 12.4. The quantitative estimate of drug-likeness (QED) is 0.752. The summed E-state index contributed by atoms with van der Waals surface area (Å²) in [5.74, 6) is -0.207. The number of nitrogens with zero attached hydrogens (tertiary/aromatic N) is 3. The van der Waals surface area contributed by atoms with Crippen molar-refractivity contribution in [3.63, 3.8) is 0 Å². The molecule has 0 bridgehead atoms. The highest BCUT2D eigenvalue weighted by Crippen LogP contribution is 2.17. The maximum atomic E-state index is 12.4. The summed E-state index contributed by atoms with van der Waals surface area (Å²) in [6, 6.07) is 13.8. The summed E-state index contributed by atoms with van der Waals surface area (Å²) < 4.78 is 1.59. The van der Waals surface area contributed by atoms with Crippen LogP contribution in [0.4, 0.5) is 5.69 Å². The molecular formula is C17H16N4O2. The van der Waals surface area contributed by atoms with Gasteiger partial charge in [-0.1, -0.05) is 17.3 Å². The number of para-hydroxylation sites is 1. The van der Waals surface area contributed by atoms with E-state index in [0.717, 1.165) is 11.0 Å². The summed E-state index contributed by atoms with van der Waals surface area (Å²) in [6.07, 6.45) is 0. The molecule has 0 saturated carbocycles. The van der Waals surface area contributed by atoms with Crippen LogP contribution in [-0.4, -0.2) is 26.7 Å². The van der Waals surface area contributed by atoms with Crippen LogP contribution in [0, 0.1) is 0 Å². The van der Waals surface area contributed by atoms with Gasteiger partial charge in [-0.05, 0) is 50.2 Å². The van der Waals surface area contributed by atoms with E-state index in [1.54, 1.807) is 35.9 Å². The van der Waals surface area contributed by atoms with Gasteiger partial charge in [0.1, 0.15) is 11.6 Å². The largest absolute Gasteiger partial charge is 0.324 e. The zero-order valence-corrected chi connectivity index (χ0v) is 12.9. The lowest BCUT2D eigenvalue weighted by atomic mass is 10.1. The summed E-state index contributed by atoms with van der Waals surface area (Å²) in [4.78, 5) is 23.7. The molecule has 2 aromatic carbocycles. The SMILES string of the molecule is CC(=O)c1ccc(NC(=O)C(C)n2nnc3ccccc32)cc1. The number of anilines is 1. The lowest BCUT2D eigenvalue weighted by Crippen LogP contribution is -2.24. The second kappa shape index (κ2) is 6.00. The lowest BCUT2D eigenvalue weighted by molar-refractivity contribution is -0.119. The Balaban J connectivity index is 1.78. The van der Waals surface area contributed by atoms with Crippen LogP contribution in [0.1, 0.15) is 30.2 Å². The zero-order valence-electron chi connectivity index (χ0n) is 12.9. The van der Waals surface area contributed by atoms with Gasteiger partial charge in [-0.25, -0.2) is 4.68 Å². The molecule has 6 heteroatoms. The van der Waals surface area contributed by atoms with E-state index in [-0.39, 0.29) is 11.7 Å². The van der Waals surface area contributed by atoms with Crippen molar-refractivity contribution >= 4 is 28.4 Å². The maximum Gasteiger partial charge on any atom is 0.249 e. The highest BCUT2D eigenvalue weighted by atomic mass is 16.2. The fraction of sp³-hybridized carbons (Fsp3) is 0.176. The Hall–Kier alpha value is -3.02. The minimum Gasteiger partial charge on any atom is -0.324 e. The number of benzene rings is 2. The number of Topliss-reactive ketones (excluding diaryl/α,β-unsaturated/α-hetero) is 1. The van der Waals surface area contributed by atoms with Gasteiger partial charge in [-0.3, -0.25) is 9.59 Å². The molecule has 116 valence electrons. The average Bonchev–Trinajstić information content (AvgIpc) is 2.98. The summed E-state index contributed by atoms with van der Waals surface area (Å²) in [5, 5.41) is 10.9. The fourth-order valence-electron chi connectivity index (χ4n) is 2.32. The van der Waals surface area contributed by atoms with Gasteiger partial charge < -0.3 is 5.32 Å². The number of rotatable bonds is 4. The van der Waals surface area contributed by atoms with Gasteiger partial charge in [0.2, 0.25) is 5.91 Å². The summed E-state index contributed by atoms with van der Waals surface area (Å²) >= 11 is 0. The van der Waals surface area contributed by atoms with Crippen molar-refractivity contribution in [2.45, 2.75) is 19.9 Å². The van der Waals surface area contributed by atoms with Gasteiger partial charge in [0.05, 0.1) is 5.52 Å². The van der Waals surface area contributed by atoms with Gasteiger partial charge in [0.15, 0.2) is 5.78 Å². The molecule has 1 atom stereocenters. The molecule has 0 saturated heterocycles. The fourth-order valence-corrected chi connectivity index (χ4v) is 2.32. The van der Waals surface area contributed by atoms with Gasteiger partial charge in [0, 0.05) is 11.3 Å². The van der Waals surface area contributed by atoms with E-state index in [0.29, 0.717) is 11.3 Å². The lowest BCUT2D eigenvalue weighted by Gasteiger charge is -2.13. The molecule has 1 N–H and O–H groups in total. The molecule has 1 heterocycles. The molecule has 0 aliphatic heterocycles. The normalized spacial score (nSPS) is 12.1. The van der Waals surface area contributed by atoms with E-state index >= 15 is 0 Å². The van der Waals surface area contributed by atoms with Crippen LogP contribution in [-0.2, 0) is 4.79 Å². The first-order valence-corrected chi connectivity index (χ1v) is 7.28. The number of hydrogen-bond acceptors (Lipinski definition) is 4. The monoisotopic (exact) mass is 308 g/mol. The third kappa shape index (κ3) is 2.96. The number of ketones is 1. The van der Waals surface area contributed by atoms with Crippen molar-refractivity contribution in [1.82, 2.24) is 15.0 Å². The van der Waals surface area contributed by atoms with Crippen molar-refractivity contribution in [2.24, 2.45) is 0 Å². The molecule has 0 spiro atoms. The predicted octanol–water partition coefficient (Wildman–Crippen LogP) is 2.83. The highest BCUT2D eigenvalue weighted by molar-refractivity contribution is 5.96. The first-order valence-electron chi connectivity index (χ1n) is 7.28. The van der Waals surface area contributed by atoms with Crippen LogP contribution in [0.15, 0.2) is 48.5 Å². The number of carbonyl (C=O) groups excluding carboxylic acids is 2. The minimum atomic E-state index is -0.505. The Morgan fingerprint density at radius 1 is 1.09 bits per heavy atom. The van der Waals surface area contributed by atoms with Crippen LogP contribution in [0.3, 0.4) is 0 Å². The zero-order chi connectivity index (χ0) is 16.4. The molecule has 1 amide bonds. The number of aromatic nitrogens is 3. The number of nitrogens with one attached hydrogen (secondary N) is 1. The standard InChI is InChI=1S/C17H16N4O2/c1-11(21-16-6-4-3-5-15(16)19-20-21)17(23)18-14-9-7-13(8-10-14)12(2)22/h3-11H,1-2H3,(H,18,23). The molecule has 6 nitrogen and oxygen atoms in total. The Morgan fingerprint density at radius 3 is 2.48 bits per heavy atom. The number of hydrogen-bond donors (Lipinski definition) is 1. The van der Waals surface area contributed by atoms with Crippen LogP contribution >= 0.6 is 0 Å². The molecule has 0 fully saturated rings. The summed E-state index contributed by atoms with van der Waals surface area (Å²) in [7, 11) is 0. The second-order valence-electron chi connectivity index (χ2n) is 5.32. The molecule has 0 aliphatic carbocycles. The van der Waals surface area contributed by atoms with E-state index in [2.05, 4.69) is 15.6 Å². The third-order valence-corrected chi connectivity index (χ3v) is 3.68. The van der Waals surface area contributed by atoms with Crippen LogP contribution in [0.5, 0.6) is 0 Å². The van der Waals surface area contributed by atoms with Gasteiger partial charge in [-0.15, -0.1) is 5.10 Å². The Bertz CT molecular complexity index is 868. The topological polar surface area (TPSA) is 76.9 Å². The van der Waals surface area contributed by atoms with Crippen LogP contribution in [0.25, 0.3) is 11.0 Å². The molecule has 0 radical (unpaired) electrons. The molecule has 0 aliphatic rings. The second-order valence-corrected chi connectivity index (χ2v) is 5.32. The van der Waals surface area contributed by atoms with Crippen LogP contribution in [0.2, 0.25) is 0 Å². The van der Waals surface area contributed by atoms with Crippen molar-refractivity contribution in [3.8, 4) is 0 Å². The van der Waals surface area contributed by atoms with Gasteiger partial charge in [0.25, 0.3) is 0 Å². The number of amides is 1. The first-order chi connectivity index (χ1) is 11.1. The number of carbonyl (C=O) groups is 2. The molecule has 3 rings (SSSR count). The van der Waals surface area contributed by atoms with Crippen molar-refractivity contribution in [3.05, 3.63) is 54.1 Å². The van der Waals surface area contributed by atoms with Crippen molar-refractivity contribution < 1.29 is 9.59 Å². The molecule has 3 aromatic rings. The predicted molar refractivity (Wildman–Crippen MR) is 87.3 cm³/mol. The van der Waals surface area contributed by atoms with E-state index in [1.807, 2.05) is 24.3 Å². The molecular weight excluding hydrogens is 292 g/mol. The van der Waals surface area contributed by atoms with E-state index in [1.165, 1.54) is 6.92 Å². The van der Waals surface area contributed by atoms with Gasteiger partial charge >= 0.3 is 0 Å². The number of fused-ring (bicyclic) bond motifs is 1. The Morgan fingerprint density at radius 2 is 1.78 bits per heavy atom. The molecule has 1 aromatic heterocycles. The van der Waals surface area contributed by atoms with Crippen molar-refractivity contribution in [2.75, 3.05) is 5.32 Å². The Kier molecular flexibility index (Phi) is 3.89. The smallest absolute Gasteiger partial charge is 0.249 e. The highest BCUT2D eigenvalue weighted by Gasteiger charge is 2.18. The minimum absolute atomic E-state index is 0.00895. The van der Waals surface area contributed by atoms with Crippen molar-refractivity contribution in [1.29, 1.82) is 0 Å². The van der Waals surface area contributed by atoms with E-state index in [9.17, 15) is 9.59 Å². The van der Waals surface area contributed by atoms with Crippen LogP contribution < -0.4 is 5.32 Å². The summed E-state index contributed by atoms with van der Waals surface area (Å²) in [5.41, 5.74) is 2.80. The van der Waals surface area contributed by atoms with E-state index < -0.39 is 6.04 Å². The average molecular weight is 308 g/mol. The Labute approximate surface area is 133 Å². The van der Waals surface area contributed by atoms with E-state index in [4.69, 9.17) is 0 Å². The molecule has 23 heavy (non-hydrogen) atoms. The summed E-state index contributed by atoms with van der Waals surface area (Å²) in [6.45, 7) is 3.27. The van der Waals surface area contributed by atoms with Gasteiger partial charge in [-0.2, -0.15) is 0 Å².